The van der Waals surface area contributed by atoms with Gasteiger partial charge >= 0.3 is 0 Å². The summed E-state index contributed by atoms with van der Waals surface area (Å²) >= 11 is 0. The number of nitrogens with one attached hydrogen (secondary N) is 1. The van der Waals surface area contributed by atoms with E-state index in [2.05, 4.69) is 20.9 Å². The minimum absolute atomic E-state index is 0.119. The van der Waals surface area contributed by atoms with Crippen LogP contribution >= 0.6 is 0 Å². The zero-order valence-electron chi connectivity index (χ0n) is 22.6. The Hall–Kier alpha value is -3.85. The highest BCUT2D eigenvalue weighted by Gasteiger charge is 2.23. The molecule has 0 saturated heterocycles. The topological polar surface area (TPSA) is 104 Å². The average molecular weight is 536 g/mol. The number of hydrogen-bond acceptors (Lipinski definition) is 7. The zero-order chi connectivity index (χ0) is 27.4. The van der Waals surface area contributed by atoms with Crippen LogP contribution in [-0.2, 0) is 29.5 Å². The van der Waals surface area contributed by atoms with Crippen molar-refractivity contribution >= 4 is 15.9 Å². The van der Waals surface area contributed by atoms with Gasteiger partial charge in [-0.05, 0) is 56.4 Å². The molecular weight excluding hydrogens is 502 g/mol. The van der Waals surface area contributed by atoms with Crippen LogP contribution in [-0.4, -0.2) is 25.7 Å². The number of aryl methyl sites for hydroxylation is 4. The van der Waals surface area contributed by atoms with Crippen molar-refractivity contribution in [2.45, 2.75) is 59.0 Å². The summed E-state index contributed by atoms with van der Waals surface area (Å²) in [6.07, 6.45) is 1.51. The summed E-state index contributed by atoms with van der Waals surface area (Å²) in [5, 5.41) is 3.85. The van der Waals surface area contributed by atoms with Crippen molar-refractivity contribution < 1.29 is 22.4 Å². The number of aromatic nitrogens is 2. The monoisotopic (exact) mass is 535 g/mol. The van der Waals surface area contributed by atoms with Crippen LogP contribution in [0.3, 0.4) is 0 Å². The van der Waals surface area contributed by atoms with Crippen LogP contribution in [0.2, 0.25) is 0 Å². The molecule has 1 N–H and O–H groups in total. The van der Waals surface area contributed by atoms with E-state index in [1.807, 2.05) is 51.1 Å². The number of pyridine rings is 1. The fourth-order valence-electron chi connectivity index (χ4n) is 4.29. The number of sulfonamides is 1. The Labute approximate surface area is 224 Å². The van der Waals surface area contributed by atoms with Crippen molar-refractivity contribution in [1.82, 2.24) is 10.1 Å². The van der Waals surface area contributed by atoms with E-state index in [0.29, 0.717) is 41.3 Å². The Balaban J connectivity index is 1.65. The second-order valence-corrected chi connectivity index (χ2v) is 10.7. The summed E-state index contributed by atoms with van der Waals surface area (Å²) < 4.78 is 46.2. The molecule has 0 spiro atoms. The minimum Gasteiger partial charge on any atom is -0.491 e. The van der Waals surface area contributed by atoms with Gasteiger partial charge in [-0.1, -0.05) is 55.4 Å². The Bertz CT molecular complexity index is 1560. The van der Waals surface area contributed by atoms with E-state index in [4.69, 9.17) is 14.0 Å². The van der Waals surface area contributed by atoms with Gasteiger partial charge < -0.3 is 14.0 Å². The van der Waals surface area contributed by atoms with Gasteiger partial charge in [0.05, 0.1) is 23.4 Å². The van der Waals surface area contributed by atoms with Crippen molar-refractivity contribution in [2.75, 3.05) is 11.8 Å². The average Bonchev–Trinajstić information content (AvgIpc) is 3.23. The molecule has 0 aliphatic heterocycles. The minimum atomic E-state index is -3.93. The maximum absolute atomic E-state index is 13.4. The van der Waals surface area contributed by atoms with Crippen LogP contribution in [0, 0.1) is 20.8 Å². The van der Waals surface area contributed by atoms with Crippen LogP contribution in [0.1, 0.15) is 47.6 Å². The van der Waals surface area contributed by atoms with Crippen molar-refractivity contribution in [3.8, 4) is 22.6 Å². The highest BCUT2D eigenvalue weighted by molar-refractivity contribution is 7.92. The maximum Gasteiger partial charge on any atom is 0.264 e. The lowest BCUT2D eigenvalue weighted by molar-refractivity contribution is 0.282. The summed E-state index contributed by atoms with van der Waals surface area (Å²) in [5.41, 5.74) is 6.42. The van der Waals surface area contributed by atoms with E-state index < -0.39 is 10.0 Å². The molecule has 4 rings (SSSR count). The molecule has 0 bridgehead atoms. The Kier molecular flexibility index (Phi) is 8.06. The van der Waals surface area contributed by atoms with E-state index in [9.17, 15) is 8.42 Å². The predicted octanol–water partition coefficient (Wildman–Crippen LogP) is 6.18. The van der Waals surface area contributed by atoms with Crippen molar-refractivity contribution in [1.29, 1.82) is 0 Å². The van der Waals surface area contributed by atoms with E-state index in [1.165, 1.54) is 0 Å². The molecule has 0 fully saturated rings. The molecule has 2 aromatic carbocycles. The van der Waals surface area contributed by atoms with Crippen LogP contribution in [0.15, 0.2) is 57.9 Å². The van der Waals surface area contributed by atoms with Crippen molar-refractivity contribution in [3.05, 3.63) is 82.3 Å². The highest BCUT2D eigenvalue weighted by atomic mass is 32.2. The van der Waals surface area contributed by atoms with Gasteiger partial charge in [-0.2, -0.15) is 0 Å². The number of ether oxygens (including phenoxy) is 2. The molecule has 38 heavy (non-hydrogen) atoms. The Morgan fingerprint density at radius 1 is 0.947 bits per heavy atom. The van der Waals surface area contributed by atoms with Crippen molar-refractivity contribution in [2.24, 2.45) is 0 Å². The highest BCUT2D eigenvalue weighted by Crippen LogP contribution is 2.34. The fourth-order valence-corrected chi connectivity index (χ4v) is 5.56. The number of rotatable bonds is 10. The van der Waals surface area contributed by atoms with Gasteiger partial charge in [-0.25, -0.2) is 13.1 Å². The van der Waals surface area contributed by atoms with E-state index in [-0.39, 0.29) is 10.8 Å². The molecule has 0 aliphatic carbocycles. The van der Waals surface area contributed by atoms with Crippen LogP contribution in [0.5, 0.6) is 11.5 Å². The zero-order valence-corrected chi connectivity index (χ0v) is 23.4. The first kappa shape index (κ1) is 27.2. The normalized spacial score (nSPS) is 11.4. The summed E-state index contributed by atoms with van der Waals surface area (Å²) in [6.45, 7) is 9.85. The molecule has 0 saturated carbocycles. The quantitative estimate of drug-likeness (QED) is 0.259. The van der Waals surface area contributed by atoms with Gasteiger partial charge in [-0.3, -0.25) is 4.98 Å². The molecule has 200 valence electrons. The van der Waals surface area contributed by atoms with Gasteiger partial charge in [0.15, 0.2) is 11.5 Å². The first-order valence-electron chi connectivity index (χ1n) is 12.5. The second-order valence-electron chi connectivity index (χ2n) is 9.04. The number of benzene rings is 2. The number of methoxy groups -OCH3 is 1. The van der Waals surface area contributed by atoms with Gasteiger partial charge in [0.25, 0.3) is 10.0 Å². The molecule has 0 atom stereocenters. The number of nitrogens with zero attached hydrogens (tertiary/aromatic N) is 2. The van der Waals surface area contributed by atoms with Crippen LogP contribution < -0.4 is 14.2 Å². The lowest BCUT2D eigenvalue weighted by Crippen LogP contribution is -2.14. The molecule has 2 aromatic heterocycles. The first-order chi connectivity index (χ1) is 18.2. The first-order valence-corrected chi connectivity index (χ1v) is 14.0. The van der Waals surface area contributed by atoms with Gasteiger partial charge in [0.2, 0.25) is 5.88 Å². The lowest BCUT2D eigenvalue weighted by atomic mass is 9.96. The second kappa shape index (κ2) is 11.3. The lowest BCUT2D eigenvalue weighted by Gasteiger charge is -2.17. The summed E-state index contributed by atoms with van der Waals surface area (Å²) in [4.78, 5) is 4.71. The Morgan fingerprint density at radius 2 is 1.71 bits per heavy atom. The van der Waals surface area contributed by atoms with E-state index in [1.54, 1.807) is 33.1 Å². The fraction of sp³-hybridized carbons (Fsp3) is 0.310. The molecule has 8 nitrogen and oxygen atoms in total. The van der Waals surface area contributed by atoms with Crippen LogP contribution in [0.4, 0.5) is 5.88 Å². The maximum atomic E-state index is 13.4. The smallest absolute Gasteiger partial charge is 0.264 e. The van der Waals surface area contributed by atoms with Gasteiger partial charge in [0.1, 0.15) is 6.61 Å². The molecule has 4 aromatic rings. The van der Waals surface area contributed by atoms with Gasteiger partial charge in [0, 0.05) is 22.9 Å². The summed E-state index contributed by atoms with van der Waals surface area (Å²) in [5.74, 6) is 1.39. The third kappa shape index (κ3) is 5.52. The van der Waals surface area contributed by atoms with E-state index >= 15 is 0 Å². The number of hydrogen-bond donors (Lipinski definition) is 1. The standard InChI is InChI=1S/C29H33N3O5S/c1-7-22-15-21(17-36-26-16-23(8-2)30-20(5)28(26)35-6)13-14-24(22)25-11-9-10-12-27(25)38(33,34)32-29-18(3)19(4)31-37-29/h9-16,32H,7-8,17H2,1-6H3. The van der Waals surface area contributed by atoms with Gasteiger partial charge in [-0.15, -0.1) is 0 Å². The third-order valence-corrected chi connectivity index (χ3v) is 7.91. The predicted molar refractivity (Wildman–Crippen MR) is 147 cm³/mol. The largest absolute Gasteiger partial charge is 0.491 e. The molecule has 0 aliphatic rings. The van der Waals surface area contributed by atoms with E-state index in [0.717, 1.165) is 34.5 Å². The van der Waals surface area contributed by atoms with Crippen LogP contribution in [0.25, 0.3) is 11.1 Å². The molecule has 0 amide bonds. The Morgan fingerprint density at radius 3 is 2.37 bits per heavy atom. The molecule has 2 heterocycles. The molecular formula is C29H33N3O5S. The summed E-state index contributed by atoms with van der Waals surface area (Å²) in [6, 6.07) is 14.8. The summed E-state index contributed by atoms with van der Waals surface area (Å²) in [7, 11) is -2.32. The SMILES string of the molecule is CCc1cc(OCc2ccc(-c3ccccc3S(=O)(=O)Nc3onc(C)c3C)c(CC)c2)c(OC)c(C)n1. The van der Waals surface area contributed by atoms with Crippen molar-refractivity contribution in [3.63, 3.8) is 0 Å². The molecule has 0 radical (unpaired) electrons. The third-order valence-electron chi connectivity index (χ3n) is 6.52. The molecule has 0 unspecified atom stereocenters. The molecule has 9 heteroatoms. The number of anilines is 1.